The van der Waals surface area contributed by atoms with Crippen molar-refractivity contribution < 1.29 is 0 Å². The van der Waals surface area contributed by atoms with Crippen LogP contribution in [0.15, 0.2) is 12.1 Å². The maximum Gasteiger partial charge on any atom is 0.114 e. The third-order valence-corrected chi connectivity index (χ3v) is 5.16. The Kier molecular flexibility index (Phi) is 4.08. The van der Waals surface area contributed by atoms with Gasteiger partial charge in [-0.25, -0.2) is 0 Å². The Morgan fingerprint density at radius 1 is 0.500 bits per heavy atom. The van der Waals surface area contributed by atoms with Gasteiger partial charge in [0.1, 0.15) is 47.1 Å². The molecule has 0 heterocycles. The van der Waals surface area contributed by atoms with Crippen LogP contribution >= 0.6 is 18.5 Å². The molecule has 3 aromatic carbocycles. The first kappa shape index (κ1) is 16.3. The Morgan fingerprint density at radius 2 is 0.818 bits per heavy atom. The highest BCUT2D eigenvalue weighted by molar-refractivity contribution is 7.32. The van der Waals surface area contributed by atoms with Crippen LogP contribution in [0.4, 0.5) is 0 Å². The normalized spacial score (nSPS) is 11.4. The number of fused-ring (bicyclic) bond motifs is 2. The first-order valence-corrected chi connectivity index (χ1v) is 7.62. The number of rotatable bonds is 0. The second kappa shape index (κ2) is 5.51. The molecule has 22 heavy (non-hydrogen) atoms. The van der Waals surface area contributed by atoms with Crippen LogP contribution in [0, 0.1) is 0 Å². The largest absolute Gasteiger partial charge is 0.114 e. The monoisotopic (exact) mass is 302 g/mol. The summed E-state index contributed by atoms with van der Waals surface area (Å²) in [6, 6.07) is 3.53. The topological polar surface area (TPSA) is 0 Å². The van der Waals surface area contributed by atoms with Crippen LogP contribution in [-0.4, -0.2) is 47.1 Å². The van der Waals surface area contributed by atoms with Crippen LogP contribution in [0.25, 0.3) is 21.5 Å². The van der Waals surface area contributed by atoms with E-state index in [0.29, 0.717) is 21.9 Å². The highest BCUT2D eigenvalue weighted by Gasteiger charge is 2.17. The van der Waals surface area contributed by atoms with Crippen molar-refractivity contribution in [2.24, 2.45) is 0 Å². The van der Waals surface area contributed by atoms with E-state index in [2.05, 4.69) is 18.5 Å². The molecule has 0 aliphatic carbocycles. The lowest BCUT2D eigenvalue weighted by Gasteiger charge is -2.23. The predicted octanol–water partition coefficient (Wildman–Crippen LogP) is -4.24. The molecule has 2 unspecified atom stereocenters. The summed E-state index contributed by atoms with van der Waals surface area (Å²) in [6.07, 6.45) is 0. The molecule has 3 aromatic rings. The van der Waals surface area contributed by atoms with Gasteiger partial charge in [-0.3, -0.25) is 0 Å². The average molecular weight is 301 g/mol. The third-order valence-electron chi connectivity index (χ3n) is 4.01. The first-order valence-electron chi connectivity index (χ1n) is 6.47. The van der Waals surface area contributed by atoms with Gasteiger partial charge < -0.3 is 0 Å². The van der Waals surface area contributed by atoms with Crippen molar-refractivity contribution in [2.45, 2.75) is 0 Å². The molecular formula is C14H6B6P2. The van der Waals surface area contributed by atoms with Crippen LogP contribution in [0.5, 0.6) is 0 Å². The Morgan fingerprint density at radius 3 is 1.14 bits per heavy atom. The molecule has 0 aliphatic rings. The Hall–Kier alpha value is -0.570. The molecule has 0 bridgehead atoms. The molecule has 0 fully saturated rings. The van der Waals surface area contributed by atoms with Crippen LogP contribution in [0.3, 0.4) is 0 Å². The van der Waals surface area contributed by atoms with Crippen molar-refractivity contribution >= 4 is 130 Å². The Bertz CT molecular complexity index is 890. The predicted molar refractivity (Wildman–Crippen MR) is 112 cm³/mol. The summed E-state index contributed by atoms with van der Waals surface area (Å²) >= 11 is 0. The molecule has 0 amide bonds. The number of hydrogen-bond acceptors (Lipinski definition) is 0. The number of hydrogen-bond donors (Lipinski definition) is 0. The van der Waals surface area contributed by atoms with Crippen LogP contribution in [0.2, 0.25) is 0 Å². The molecule has 0 saturated heterocycles. The highest BCUT2D eigenvalue weighted by atomic mass is 31.0. The molecule has 0 aliphatic heterocycles. The van der Waals surface area contributed by atoms with E-state index in [1.54, 1.807) is 12.1 Å². The van der Waals surface area contributed by atoms with Crippen molar-refractivity contribution in [1.29, 1.82) is 0 Å². The highest BCUT2D eigenvalue weighted by Crippen LogP contribution is 2.18. The van der Waals surface area contributed by atoms with E-state index in [9.17, 15) is 0 Å². The lowest BCUT2D eigenvalue weighted by molar-refractivity contribution is 1.96. The van der Waals surface area contributed by atoms with E-state index in [4.69, 9.17) is 47.1 Å². The lowest BCUT2D eigenvalue weighted by Crippen LogP contribution is -2.50. The molecule has 0 aromatic heterocycles. The summed E-state index contributed by atoms with van der Waals surface area (Å²) in [5, 5.41) is 4.69. The number of benzene rings is 3. The van der Waals surface area contributed by atoms with Crippen molar-refractivity contribution in [1.82, 2.24) is 0 Å². The van der Waals surface area contributed by atoms with Gasteiger partial charge >= 0.3 is 0 Å². The van der Waals surface area contributed by atoms with Gasteiger partial charge in [-0.15, -0.1) is 29.4 Å². The van der Waals surface area contributed by atoms with Gasteiger partial charge in [0.25, 0.3) is 0 Å². The van der Waals surface area contributed by atoms with Crippen LogP contribution in [-0.2, 0) is 0 Å². The van der Waals surface area contributed by atoms with E-state index < -0.39 is 0 Å². The third kappa shape index (κ3) is 2.07. The summed E-state index contributed by atoms with van der Waals surface area (Å²) in [5.41, 5.74) is 2.54. The van der Waals surface area contributed by atoms with Gasteiger partial charge in [-0.1, -0.05) is 34.0 Å². The van der Waals surface area contributed by atoms with Gasteiger partial charge in [0, 0.05) is 0 Å². The second-order valence-corrected chi connectivity index (χ2v) is 6.38. The zero-order valence-electron chi connectivity index (χ0n) is 11.8. The molecule has 0 spiro atoms. The fourth-order valence-electron chi connectivity index (χ4n) is 2.85. The van der Waals surface area contributed by atoms with E-state index in [1.807, 2.05) is 0 Å². The molecule has 3 rings (SSSR count). The molecular weight excluding hydrogens is 295 g/mol. The first-order chi connectivity index (χ1) is 10.3. The van der Waals surface area contributed by atoms with E-state index >= 15 is 0 Å². The van der Waals surface area contributed by atoms with Crippen molar-refractivity contribution in [3.05, 3.63) is 12.1 Å². The standard InChI is InChI=1S/C14H6B6P2/c15-3-1-2-4(16)6-5(3)13(21)7-8(14(6)22)10(18)12(20)11(19)9(7)17/h1-2H,21-22H2. The summed E-state index contributed by atoms with van der Waals surface area (Å²) in [5.74, 6) is 0. The van der Waals surface area contributed by atoms with Gasteiger partial charge in [0.05, 0.1) is 0 Å². The molecule has 12 radical (unpaired) electrons. The molecule has 0 N–H and O–H groups in total. The molecule has 2 atom stereocenters. The summed E-state index contributed by atoms with van der Waals surface area (Å²) in [4.78, 5) is 0. The van der Waals surface area contributed by atoms with E-state index in [1.165, 1.54) is 0 Å². The summed E-state index contributed by atoms with van der Waals surface area (Å²) < 4.78 is 0. The van der Waals surface area contributed by atoms with Gasteiger partial charge in [0.2, 0.25) is 0 Å². The van der Waals surface area contributed by atoms with Crippen LogP contribution < -0.4 is 43.4 Å². The SMILES string of the molecule is [B]c1c([B])c([B])c2c(P)c3c([B])ccc([B])c3c(P)c2c1[B]. The minimum Gasteiger partial charge on any atom is -0.110 e. The second-order valence-electron chi connectivity index (χ2n) is 5.23. The van der Waals surface area contributed by atoms with Gasteiger partial charge in [-0.05, 0) is 32.2 Å². The molecule has 8 heteroatoms. The zero-order chi connectivity index (χ0) is 16.3. The fraction of sp³-hybridized carbons (Fsp3) is 0. The van der Waals surface area contributed by atoms with Crippen molar-refractivity contribution in [3.63, 3.8) is 0 Å². The lowest BCUT2D eigenvalue weighted by atomic mass is 9.64. The van der Waals surface area contributed by atoms with Crippen molar-refractivity contribution in [2.75, 3.05) is 0 Å². The van der Waals surface area contributed by atoms with Crippen molar-refractivity contribution in [3.8, 4) is 0 Å². The maximum atomic E-state index is 6.18. The van der Waals surface area contributed by atoms with E-state index in [-0.39, 0.29) is 10.9 Å². The smallest absolute Gasteiger partial charge is 0.110 e. The zero-order valence-corrected chi connectivity index (χ0v) is 14.1. The quantitative estimate of drug-likeness (QED) is 0.224. The summed E-state index contributed by atoms with van der Waals surface area (Å²) in [7, 11) is 41.9. The maximum absolute atomic E-state index is 6.18. The minimum absolute atomic E-state index is 0.278. The van der Waals surface area contributed by atoms with Gasteiger partial charge in [-0.2, -0.15) is 0 Å². The Labute approximate surface area is 142 Å². The minimum atomic E-state index is 0.278. The summed E-state index contributed by atoms with van der Waals surface area (Å²) in [6.45, 7) is 0. The average Bonchev–Trinajstić information content (AvgIpc) is 2.48. The fourth-order valence-corrected chi connectivity index (χ4v) is 4.08. The molecule has 0 saturated carbocycles. The Balaban J connectivity index is 2.79. The molecule has 0 nitrogen and oxygen atoms in total. The van der Waals surface area contributed by atoms with E-state index in [0.717, 1.165) is 32.2 Å². The van der Waals surface area contributed by atoms with Gasteiger partial charge in [0.15, 0.2) is 0 Å². The van der Waals surface area contributed by atoms with Crippen LogP contribution in [0.1, 0.15) is 0 Å². The molecule has 90 valence electrons.